The predicted octanol–water partition coefficient (Wildman–Crippen LogP) is 2.95. The number of aliphatic hydroxyl groups is 1. The fraction of sp³-hybridized carbons (Fsp3) is 0.200. The van der Waals surface area contributed by atoms with Crippen LogP contribution in [0.1, 0.15) is 29.8 Å². The van der Waals surface area contributed by atoms with Gasteiger partial charge >= 0.3 is 0 Å². The molecule has 0 aromatic heterocycles. The molecule has 0 aliphatic carbocycles. The van der Waals surface area contributed by atoms with Crippen LogP contribution in [0.25, 0.3) is 0 Å². The van der Waals surface area contributed by atoms with Crippen molar-refractivity contribution in [2.75, 3.05) is 0 Å². The van der Waals surface area contributed by atoms with Crippen molar-refractivity contribution in [3.05, 3.63) is 59.7 Å². The lowest BCUT2D eigenvalue weighted by Gasteiger charge is -2.29. The van der Waals surface area contributed by atoms with Gasteiger partial charge in [0, 0.05) is 12.0 Å². The van der Waals surface area contributed by atoms with E-state index in [0.717, 1.165) is 16.9 Å². The first-order valence-electron chi connectivity index (χ1n) is 5.96. The Morgan fingerprint density at radius 1 is 1.00 bits per heavy atom. The van der Waals surface area contributed by atoms with Crippen molar-refractivity contribution in [1.29, 1.82) is 0 Å². The van der Waals surface area contributed by atoms with E-state index in [4.69, 9.17) is 4.74 Å². The molecule has 2 atom stereocenters. The predicted molar refractivity (Wildman–Crippen MR) is 67.5 cm³/mol. The van der Waals surface area contributed by atoms with Crippen molar-refractivity contribution in [2.24, 2.45) is 0 Å². The van der Waals surface area contributed by atoms with Crippen molar-refractivity contribution < 1.29 is 14.9 Å². The zero-order valence-electron chi connectivity index (χ0n) is 9.78. The fourth-order valence-corrected chi connectivity index (χ4v) is 2.29. The van der Waals surface area contributed by atoms with Gasteiger partial charge in [-0.1, -0.05) is 30.3 Å². The summed E-state index contributed by atoms with van der Waals surface area (Å²) in [7, 11) is 0. The summed E-state index contributed by atoms with van der Waals surface area (Å²) in [6, 6.07) is 14.4. The molecule has 3 heteroatoms. The van der Waals surface area contributed by atoms with Gasteiger partial charge in [0.05, 0.1) is 6.10 Å². The molecule has 0 amide bonds. The van der Waals surface area contributed by atoms with Crippen molar-refractivity contribution in [3.8, 4) is 11.5 Å². The van der Waals surface area contributed by atoms with Gasteiger partial charge in [0.15, 0.2) is 0 Å². The fourth-order valence-electron chi connectivity index (χ4n) is 2.29. The first kappa shape index (κ1) is 11.1. The Kier molecular flexibility index (Phi) is 2.68. The SMILES string of the molecule is Oc1ccc([C@H]2C[C@@H](O)c3ccccc3O2)cc1. The highest BCUT2D eigenvalue weighted by atomic mass is 16.5. The molecule has 0 bridgehead atoms. The maximum atomic E-state index is 10.1. The number of para-hydroxylation sites is 1. The third-order valence-corrected chi connectivity index (χ3v) is 3.25. The minimum absolute atomic E-state index is 0.171. The summed E-state index contributed by atoms with van der Waals surface area (Å²) in [6.07, 6.45) is -0.147. The Morgan fingerprint density at radius 2 is 1.72 bits per heavy atom. The summed E-state index contributed by atoms with van der Waals surface area (Å²) >= 11 is 0. The lowest BCUT2D eigenvalue weighted by Crippen LogP contribution is -2.18. The number of phenolic OH excluding ortho intramolecular Hbond substituents is 1. The second-order valence-corrected chi connectivity index (χ2v) is 4.49. The highest BCUT2D eigenvalue weighted by molar-refractivity contribution is 5.38. The second-order valence-electron chi connectivity index (χ2n) is 4.49. The third-order valence-electron chi connectivity index (χ3n) is 3.25. The van der Waals surface area contributed by atoms with Crippen molar-refractivity contribution in [1.82, 2.24) is 0 Å². The molecule has 0 saturated carbocycles. The molecule has 2 N–H and O–H groups in total. The zero-order valence-corrected chi connectivity index (χ0v) is 9.78. The second kappa shape index (κ2) is 4.35. The average molecular weight is 242 g/mol. The molecule has 1 heterocycles. The van der Waals surface area contributed by atoms with Gasteiger partial charge in [0.25, 0.3) is 0 Å². The standard InChI is InChI=1S/C15H14O3/c16-11-7-5-10(6-8-11)15-9-13(17)12-3-1-2-4-14(12)18-15/h1-8,13,15-17H,9H2/t13-,15-/m1/s1. The normalized spacial score (nSPS) is 22.1. The summed E-state index contributed by atoms with van der Waals surface area (Å²) in [5, 5.41) is 19.4. The molecule has 0 fully saturated rings. The first-order chi connectivity index (χ1) is 8.74. The van der Waals surface area contributed by atoms with E-state index in [1.807, 2.05) is 36.4 Å². The number of hydrogen-bond donors (Lipinski definition) is 2. The lowest BCUT2D eigenvalue weighted by atomic mass is 9.95. The summed E-state index contributed by atoms with van der Waals surface area (Å²) in [4.78, 5) is 0. The largest absolute Gasteiger partial charge is 0.508 e. The van der Waals surface area contributed by atoms with E-state index in [1.54, 1.807) is 12.1 Å². The van der Waals surface area contributed by atoms with Crippen LogP contribution in [0.5, 0.6) is 11.5 Å². The van der Waals surface area contributed by atoms with E-state index in [2.05, 4.69) is 0 Å². The van der Waals surface area contributed by atoms with E-state index in [0.29, 0.717) is 6.42 Å². The number of benzene rings is 2. The minimum atomic E-state index is -0.506. The van der Waals surface area contributed by atoms with Crippen molar-refractivity contribution in [2.45, 2.75) is 18.6 Å². The molecule has 3 rings (SSSR count). The van der Waals surface area contributed by atoms with Crippen LogP contribution < -0.4 is 4.74 Å². The van der Waals surface area contributed by atoms with Gasteiger partial charge in [-0.05, 0) is 23.8 Å². The molecule has 3 nitrogen and oxygen atoms in total. The van der Waals surface area contributed by atoms with Crippen LogP contribution in [0, 0.1) is 0 Å². The van der Waals surface area contributed by atoms with Crippen LogP contribution in [0.4, 0.5) is 0 Å². The third kappa shape index (κ3) is 1.93. The smallest absolute Gasteiger partial charge is 0.127 e. The minimum Gasteiger partial charge on any atom is -0.508 e. The highest BCUT2D eigenvalue weighted by Gasteiger charge is 2.27. The Balaban J connectivity index is 1.92. The monoisotopic (exact) mass is 242 g/mol. The zero-order chi connectivity index (χ0) is 12.5. The van der Waals surface area contributed by atoms with Crippen LogP contribution >= 0.6 is 0 Å². The molecule has 1 aliphatic heterocycles. The number of aliphatic hydroxyl groups excluding tert-OH is 1. The van der Waals surface area contributed by atoms with Crippen LogP contribution in [0.3, 0.4) is 0 Å². The van der Waals surface area contributed by atoms with Crippen molar-refractivity contribution >= 4 is 0 Å². The van der Waals surface area contributed by atoms with Gasteiger partial charge in [-0.15, -0.1) is 0 Å². The van der Waals surface area contributed by atoms with Gasteiger partial charge in [-0.3, -0.25) is 0 Å². The molecule has 0 unspecified atom stereocenters. The van der Waals surface area contributed by atoms with E-state index in [-0.39, 0.29) is 11.9 Å². The summed E-state index contributed by atoms with van der Waals surface area (Å²) in [6.45, 7) is 0. The van der Waals surface area contributed by atoms with E-state index >= 15 is 0 Å². The number of rotatable bonds is 1. The molecule has 1 aliphatic rings. The van der Waals surface area contributed by atoms with Gasteiger partial charge in [0.2, 0.25) is 0 Å². The van der Waals surface area contributed by atoms with E-state index < -0.39 is 6.10 Å². The van der Waals surface area contributed by atoms with Crippen LogP contribution in [0.2, 0.25) is 0 Å². The molecular formula is C15H14O3. The molecule has 2 aromatic carbocycles. The van der Waals surface area contributed by atoms with Gasteiger partial charge < -0.3 is 14.9 Å². The van der Waals surface area contributed by atoms with Crippen molar-refractivity contribution in [3.63, 3.8) is 0 Å². The maximum Gasteiger partial charge on any atom is 0.127 e. The maximum absolute atomic E-state index is 10.1. The van der Waals surface area contributed by atoms with Gasteiger partial charge in [-0.2, -0.15) is 0 Å². The number of hydrogen-bond acceptors (Lipinski definition) is 3. The molecule has 0 spiro atoms. The number of ether oxygens (including phenoxy) is 1. The van der Waals surface area contributed by atoms with Crippen LogP contribution in [-0.4, -0.2) is 10.2 Å². The Labute approximate surface area is 105 Å². The van der Waals surface area contributed by atoms with Gasteiger partial charge in [0.1, 0.15) is 17.6 Å². The molecule has 18 heavy (non-hydrogen) atoms. The molecule has 2 aromatic rings. The van der Waals surface area contributed by atoms with Gasteiger partial charge in [-0.25, -0.2) is 0 Å². The Morgan fingerprint density at radius 3 is 2.50 bits per heavy atom. The Bertz CT molecular complexity index is 548. The lowest BCUT2D eigenvalue weighted by molar-refractivity contribution is 0.0657. The topological polar surface area (TPSA) is 49.7 Å². The molecule has 0 radical (unpaired) electrons. The molecular weight excluding hydrogens is 228 g/mol. The highest BCUT2D eigenvalue weighted by Crippen LogP contribution is 2.40. The number of aromatic hydroxyl groups is 1. The molecule has 92 valence electrons. The van der Waals surface area contributed by atoms with Crippen LogP contribution in [-0.2, 0) is 0 Å². The summed E-state index contributed by atoms with van der Waals surface area (Å²) < 4.78 is 5.89. The molecule has 0 saturated heterocycles. The summed E-state index contributed by atoms with van der Waals surface area (Å²) in [5.41, 5.74) is 1.80. The average Bonchev–Trinajstić information content (AvgIpc) is 2.39. The van der Waals surface area contributed by atoms with E-state index in [9.17, 15) is 10.2 Å². The Hall–Kier alpha value is -2.00. The first-order valence-corrected chi connectivity index (χ1v) is 5.96. The van der Waals surface area contributed by atoms with E-state index in [1.165, 1.54) is 0 Å². The van der Waals surface area contributed by atoms with Crippen LogP contribution in [0.15, 0.2) is 48.5 Å². The number of phenols is 1. The summed E-state index contributed by atoms with van der Waals surface area (Å²) in [5.74, 6) is 0.963. The number of fused-ring (bicyclic) bond motifs is 1. The quantitative estimate of drug-likeness (QED) is 0.808.